The van der Waals surface area contributed by atoms with E-state index < -0.39 is 0 Å². The van der Waals surface area contributed by atoms with Gasteiger partial charge in [0.15, 0.2) is 0 Å². The fraction of sp³-hybridized carbons (Fsp3) is 0.896. The van der Waals surface area contributed by atoms with E-state index in [4.69, 9.17) is 10.5 Å². The molecule has 0 aromatic heterocycles. The molecule has 4 aliphatic rings. The molecule has 0 aromatic carbocycles. The van der Waals surface area contributed by atoms with Crippen LogP contribution in [0, 0.1) is 46.3 Å². The first-order valence-corrected chi connectivity index (χ1v) is 23.8. The molecule has 0 radical (unpaired) electrons. The first-order valence-electron chi connectivity index (χ1n) is 23.8. The predicted octanol–water partition coefficient (Wildman–Crippen LogP) is 10.7. The summed E-state index contributed by atoms with van der Waals surface area (Å²) < 4.78 is 6.03. The lowest BCUT2D eigenvalue weighted by Crippen LogP contribution is -2.51. The Labute approximate surface area is 343 Å². The number of amides is 3. The molecule has 56 heavy (non-hydrogen) atoms. The van der Waals surface area contributed by atoms with Gasteiger partial charge in [0, 0.05) is 32.5 Å². The number of carbonyl (C=O) groups excluding carboxylic acids is 3. The van der Waals surface area contributed by atoms with Crippen LogP contribution in [0.15, 0.2) is 11.6 Å². The predicted molar refractivity (Wildman–Crippen MR) is 231 cm³/mol. The molecule has 8 heteroatoms. The highest BCUT2D eigenvalue weighted by atomic mass is 16.6. The zero-order valence-electron chi connectivity index (χ0n) is 37.1. The van der Waals surface area contributed by atoms with Gasteiger partial charge in [-0.25, -0.2) is 4.79 Å². The van der Waals surface area contributed by atoms with E-state index in [2.05, 4.69) is 58.3 Å². The lowest BCUT2D eigenvalue weighted by molar-refractivity contribution is -0.136. The summed E-state index contributed by atoms with van der Waals surface area (Å²) in [6.45, 7) is 16.6. The molecule has 0 spiro atoms. The third kappa shape index (κ3) is 13.2. The number of ether oxygens (including phenoxy) is 1. The Morgan fingerprint density at radius 3 is 2.27 bits per heavy atom. The molecule has 3 amide bonds. The molecule has 0 heterocycles. The molecule has 0 saturated heterocycles. The van der Waals surface area contributed by atoms with Gasteiger partial charge in [0.05, 0.1) is 6.54 Å². The average Bonchev–Trinajstić information content (AvgIpc) is 3.52. The van der Waals surface area contributed by atoms with Crippen LogP contribution in [0.1, 0.15) is 189 Å². The van der Waals surface area contributed by atoms with Gasteiger partial charge in [0.2, 0.25) is 11.8 Å². The number of fused-ring (bicyclic) bond motifs is 5. The third-order valence-corrected chi connectivity index (χ3v) is 15.3. The van der Waals surface area contributed by atoms with Crippen LogP contribution in [-0.4, -0.2) is 61.6 Å². The SMILES string of the molecule is CCCCCCCCCCCC(=O)N(CCCNC(=O)O[C@H]1CC[C@@]2(C)C(=CC[C@H]3[C@@H]4CC[C@H]([C@H](C)CCCC(C)C)[C@@]4(C)CC[C@@H]32)C1)CC(=O)NCCCN. The number of nitrogens with zero attached hydrogens (tertiary/aromatic N) is 1. The molecule has 0 aromatic rings. The highest BCUT2D eigenvalue weighted by Gasteiger charge is 2.59. The minimum Gasteiger partial charge on any atom is -0.446 e. The Bertz CT molecular complexity index is 1240. The van der Waals surface area contributed by atoms with Gasteiger partial charge in [0.1, 0.15) is 6.10 Å². The van der Waals surface area contributed by atoms with Crippen molar-refractivity contribution in [1.29, 1.82) is 0 Å². The number of nitrogens with one attached hydrogen (secondary N) is 2. The Hall–Kier alpha value is -2.09. The van der Waals surface area contributed by atoms with Crippen LogP contribution >= 0.6 is 0 Å². The van der Waals surface area contributed by atoms with Crippen molar-refractivity contribution < 1.29 is 19.1 Å². The Kier molecular flexibility index (Phi) is 19.5. The van der Waals surface area contributed by atoms with Crippen LogP contribution in [0.4, 0.5) is 4.79 Å². The number of allylic oxidation sites excluding steroid dienone is 1. The first kappa shape index (κ1) is 46.6. The topological polar surface area (TPSA) is 114 Å². The summed E-state index contributed by atoms with van der Waals surface area (Å²) in [5.41, 5.74) is 7.84. The number of nitrogens with two attached hydrogens (primary N) is 1. The molecule has 0 unspecified atom stereocenters. The average molecular weight is 783 g/mol. The largest absolute Gasteiger partial charge is 0.446 e. The summed E-state index contributed by atoms with van der Waals surface area (Å²) >= 11 is 0. The third-order valence-electron chi connectivity index (χ3n) is 15.3. The van der Waals surface area contributed by atoms with Crippen molar-refractivity contribution in [1.82, 2.24) is 15.5 Å². The van der Waals surface area contributed by atoms with Gasteiger partial charge in [-0.3, -0.25) is 9.59 Å². The van der Waals surface area contributed by atoms with Crippen molar-refractivity contribution in [3.8, 4) is 0 Å². The van der Waals surface area contributed by atoms with Crippen molar-refractivity contribution in [3.05, 3.63) is 11.6 Å². The smallest absolute Gasteiger partial charge is 0.407 e. The van der Waals surface area contributed by atoms with E-state index in [1.807, 2.05) is 0 Å². The van der Waals surface area contributed by atoms with Crippen molar-refractivity contribution in [2.75, 3.05) is 32.7 Å². The summed E-state index contributed by atoms with van der Waals surface area (Å²) in [6.07, 6.45) is 28.4. The van der Waals surface area contributed by atoms with E-state index >= 15 is 0 Å². The maximum atomic E-state index is 13.2. The molecule has 4 N–H and O–H groups in total. The Morgan fingerprint density at radius 2 is 1.55 bits per heavy atom. The molecule has 0 bridgehead atoms. The maximum Gasteiger partial charge on any atom is 0.407 e. The number of alkyl carbamates (subject to hydrolysis) is 1. The summed E-state index contributed by atoms with van der Waals surface area (Å²) in [6, 6.07) is 0. The van der Waals surface area contributed by atoms with Gasteiger partial charge in [-0.1, -0.05) is 124 Å². The van der Waals surface area contributed by atoms with E-state index in [1.165, 1.54) is 95.5 Å². The highest BCUT2D eigenvalue weighted by Crippen LogP contribution is 2.67. The van der Waals surface area contributed by atoms with Crippen LogP contribution < -0.4 is 16.4 Å². The molecule has 3 fully saturated rings. The lowest BCUT2D eigenvalue weighted by Gasteiger charge is -2.58. The quantitative estimate of drug-likeness (QED) is 0.0630. The molecule has 0 aliphatic heterocycles. The van der Waals surface area contributed by atoms with Crippen molar-refractivity contribution >= 4 is 17.9 Å². The van der Waals surface area contributed by atoms with E-state index in [1.54, 1.807) is 4.90 Å². The molecule has 322 valence electrons. The highest BCUT2D eigenvalue weighted by molar-refractivity contribution is 5.84. The molecular weight excluding hydrogens is 697 g/mol. The molecule has 4 rings (SSSR count). The lowest BCUT2D eigenvalue weighted by atomic mass is 9.47. The van der Waals surface area contributed by atoms with Gasteiger partial charge in [-0.05, 0) is 117 Å². The van der Waals surface area contributed by atoms with Crippen LogP contribution in [0.3, 0.4) is 0 Å². The molecule has 8 atom stereocenters. The molecule has 8 nitrogen and oxygen atoms in total. The fourth-order valence-electron chi connectivity index (χ4n) is 12.0. The first-order chi connectivity index (χ1) is 26.9. The second-order valence-corrected chi connectivity index (χ2v) is 19.7. The number of hydrogen-bond donors (Lipinski definition) is 3. The van der Waals surface area contributed by atoms with Crippen molar-refractivity contribution in [2.45, 2.75) is 195 Å². The van der Waals surface area contributed by atoms with Crippen LogP contribution in [0.5, 0.6) is 0 Å². The zero-order valence-corrected chi connectivity index (χ0v) is 37.1. The monoisotopic (exact) mass is 783 g/mol. The summed E-state index contributed by atoms with van der Waals surface area (Å²) in [7, 11) is 0. The number of rotatable bonds is 25. The van der Waals surface area contributed by atoms with Crippen molar-refractivity contribution in [3.63, 3.8) is 0 Å². The molecular formula is C48H86N4O4. The zero-order chi connectivity index (χ0) is 40.6. The summed E-state index contributed by atoms with van der Waals surface area (Å²) in [5.74, 6) is 4.76. The van der Waals surface area contributed by atoms with Crippen LogP contribution in [0.2, 0.25) is 0 Å². The normalized spacial score (nSPS) is 28.8. The van der Waals surface area contributed by atoms with Gasteiger partial charge in [-0.15, -0.1) is 0 Å². The maximum absolute atomic E-state index is 13.2. The standard InChI is InChI=1S/C48H86N4O4/c1-7-8-9-10-11-12-13-14-15-21-45(54)52(35-44(53)50-31-17-30-49)33-18-32-51-46(55)56-39-26-28-47(5)38(34-39)22-23-40-42-25-24-41(37(4)20-16-19-36(2)3)48(42,6)29-27-43(40)47/h22,36-37,39-43H,7-21,23-35,49H2,1-6H3,(H,50,53)(H,51,55)/t37-,39+,40+,41-,42+,43+,47+,48-/m1/s1. The van der Waals surface area contributed by atoms with Crippen LogP contribution in [0.25, 0.3) is 0 Å². The molecule has 3 saturated carbocycles. The van der Waals surface area contributed by atoms with E-state index in [9.17, 15) is 14.4 Å². The molecule has 4 aliphatic carbocycles. The van der Waals surface area contributed by atoms with E-state index in [0.29, 0.717) is 50.9 Å². The van der Waals surface area contributed by atoms with Gasteiger partial charge < -0.3 is 26.0 Å². The minimum absolute atomic E-state index is 0.0137. The second-order valence-electron chi connectivity index (χ2n) is 19.7. The van der Waals surface area contributed by atoms with E-state index in [-0.39, 0.29) is 36.0 Å². The Morgan fingerprint density at radius 1 is 0.839 bits per heavy atom. The van der Waals surface area contributed by atoms with Gasteiger partial charge in [0.25, 0.3) is 0 Å². The van der Waals surface area contributed by atoms with E-state index in [0.717, 1.165) is 74.0 Å². The Balaban J connectivity index is 1.20. The number of hydrogen-bond acceptors (Lipinski definition) is 5. The minimum atomic E-state index is -0.368. The summed E-state index contributed by atoms with van der Waals surface area (Å²) in [5, 5.41) is 5.84. The fourth-order valence-corrected chi connectivity index (χ4v) is 12.0. The van der Waals surface area contributed by atoms with Gasteiger partial charge in [-0.2, -0.15) is 0 Å². The summed E-state index contributed by atoms with van der Waals surface area (Å²) in [4.78, 5) is 40.5. The van der Waals surface area contributed by atoms with Crippen LogP contribution in [-0.2, 0) is 14.3 Å². The second kappa shape index (κ2) is 23.5. The van der Waals surface area contributed by atoms with Gasteiger partial charge >= 0.3 is 6.09 Å². The number of unbranched alkanes of at least 4 members (excludes halogenated alkanes) is 8. The van der Waals surface area contributed by atoms with Crippen molar-refractivity contribution in [2.24, 2.45) is 52.1 Å². The number of carbonyl (C=O) groups is 3.